The SMILES string of the molecule is CCN(CC)S(=O)(=O)c1cc([N+](=O)[O-])ccc1O. The molecule has 0 aliphatic rings. The number of non-ortho nitro benzene ring substituents is 1. The van der Waals surface area contributed by atoms with Gasteiger partial charge in [0, 0.05) is 25.2 Å². The van der Waals surface area contributed by atoms with Gasteiger partial charge in [0.25, 0.3) is 5.69 Å². The van der Waals surface area contributed by atoms with E-state index in [4.69, 9.17) is 0 Å². The number of phenols is 1. The molecule has 0 spiro atoms. The predicted molar refractivity (Wildman–Crippen MR) is 64.9 cm³/mol. The molecule has 1 aromatic rings. The Morgan fingerprint density at radius 1 is 1.33 bits per heavy atom. The van der Waals surface area contributed by atoms with Crippen molar-refractivity contribution in [1.82, 2.24) is 4.31 Å². The summed E-state index contributed by atoms with van der Waals surface area (Å²) in [5.74, 6) is -0.493. The zero-order valence-corrected chi connectivity index (χ0v) is 10.8. The van der Waals surface area contributed by atoms with Crippen LogP contribution < -0.4 is 0 Å². The third kappa shape index (κ3) is 2.59. The number of phenolic OH excluding ortho intramolecular Hbond substituents is 1. The van der Waals surface area contributed by atoms with E-state index >= 15 is 0 Å². The molecule has 0 aromatic heterocycles. The van der Waals surface area contributed by atoms with Crippen molar-refractivity contribution in [3.8, 4) is 5.75 Å². The Hall–Kier alpha value is -1.67. The van der Waals surface area contributed by atoms with Gasteiger partial charge in [0.05, 0.1) is 4.92 Å². The number of benzene rings is 1. The Morgan fingerprint density at radius 2 is 1.89 bits per heavy atom. The van der Waals surface area contributed by atoms with Gasteiger partial charge in [-0.25, -0.2) is 8.42 Å². The first-order valence-corrected chi connectivity index (χ1v) is 6.76. The van der Waals surface area contributed by atoms with Crippen molar-refractivity contribution in [2.75, 3.05) is 13.1 Å². The van der Waals surface area contributed by atoms with Crippen molar-refractivity contribution in [1.29, 1.82) is 0 Å². The van der Waals surface area contributed by atoms with Gasteiger partial charge in [-0.1, -0.05) is 13.8 Å². The third-order valence-corrected chi connectivity index (χ3v) is 4.56. The number of sulfonamides is 1. The minimum Gasteiger partial charge on any atom is -0.507 e. The molecule has 7 nitrogen and oxygen atoms in total. The van der Waals surface area contributed by atoms with E-state index in [0.717, 1.165) is 22.5 Å². The summed E-state index contributed by atoms with van der Waals surface area (Å²) in [5, 5.41) is 20.2. The van der Waals surface area contributed by atoms with Crippen molar-refractivity contribution in [2.45, 2.75) is 18.7 Å². The summed E-state index contributed by atoms with van der Waals surface area (Å²) >= 11 is 0. The molecule has 1 aromatic carbocycles. The van der Waals surface area contributed by atoms with Crippen LogP contribution in [0, 0.1) is 10.1 Å². The first-order valence-electron chi connectivity index (χ1n) is 5.32. The summed E-state index contributed by atoms with van der Waals surface area (Å²) < 4.78 is 25.4. The topological polar surface area (TPSA) is 101 Å². The Labute approximate surface area is 105 Å². The standard InChI is InChI=1S/C10H14N2O5S/c1-3-11(4-2)18(16,17)10-7-8(12(14)15)5-6-9(10)13/h5-7,13H,3-4H2,1-2H3. The van der Waals surface area contributed by atoms with Crippen LogP contribution in [0.15, 0.2) is 23.1 Å². The molecule has 1 rings (SSSR count). The second-order valence-electron chi connectivity index (χ2n) is 3.50. The molecule has 100 valence electrons. The van der Waals surface area contributed by atoms with Crippen LogP contribution in [-0.2, 0) is 10.0 Å². The minimum atomic E-state index is -3.91. The van der Waals surface area contributed by atoms with Crippen LogP contribution >= 0.6 is 0 Å². The van der Waals surface area contributed by atoms with Crippen LogP contribution in [0.25, 0.3) is 0 Å². The molecule has 0 fully saturated rings. The Morgan fingerprint density at radius 3 is 2.33 bits per heavy atom. The largest absolute Gasteiger partial charge is 0.507 e. The second-order valence-corrected chi connectivity index (χ2v) is 5.40. The summed E-state index contributed by atoms with van der Waals surface area (Å²) in [6, 6.07) is 2.92. The molecular formula is C10H14N2O5S. The van der Waals surface area contributed by atoms with E-state index in [1.807, 2.05) is 0 Å². The fraction of sp³-hybridized carbons (Fsp3) is 0.400. The maximum absolute atomic E-state index is 12.1. The van der Waals surface area contributed by atoms with Gasteiger partial charge in [0.15, 0.2) is 0 Å². The van der Waals surface area contributed by atoms with Crippen molar-refractivity contribution in [3.63, 3.8) is 0 Å². The Kier molecular flexibility index (Phi) is 4.25. The lowest BCUT2D eigenvalue weighted by Crippen LogP contribution is -2.30. The molecule has 0 saturated carbocycles. The molecular weight excluding hydrogens is 260 g/mol. The zero-order chi connectivity index (χ0) is 13.9. The van der Waals surface area contributed by atoms with Gasteiger partial charge in [-0.15, -0.1) is 0 Å². The summed E-state index contributed by atoms with van der Waals surface area (Å²) in [7, 11) is -3.91. The maximum atomic E-state index is 12.1. The summed E-state index contributed by atoms with van der Waals surface area (Å²) in [5.41, 5.74) is -0.376. The van der Waals surface area contributed by atoms with Crippen LogP contribution in [-0.4, -0.2) is 35.8 Å². The number of rotatable bonds is 5. The van der Waals surface area contributed by atoms with Gasteiger partial charge in [-0.3, -0.25) is 10.1 Å². The average molecular weight is 274 g/mol. The fourth-order valence-corrected chi connectivity index (χ4v) is 3.09. The fourth-order valence-electron chi connectivity index (χ4n) is 1.53. The number of nitro benzene ring substituents is 1. The van der Waals surface area contributed by atoms with E-state index in [-0.39, 0.29) is 18.8 Å². The first-order chi connectivity index (χ1) is 8.34. The number of nitro groups is 1. The summed E-state index contributed by atoms with van der Waals surface area (Å²) in [6.07, 6.45) is 0. The van der Waals surface area contributed by atoms with E-state index < -0.39 is 25.6 Å². The van der Waals surface area contributed by atoms with Gasteiger partial charge in [0.2, 0.25) is 10.0 Å². The Bertz CT molecular complexity index is 551. The molecule has 0 heterocycles. The zero-order valence-electron chi connectivity index (χ0n) is 10.0. The lowest BCUT2D eigenvalue weighted by atomic mass is 10.3. The normalized spacial score (nSPS) is 11.7. The number of hydrogen-bond acceptors (Lipinski definition) is 5. The van der Waals surface area contributed by atoms with Gasteiger partial charge < -0.3 is 5.11 Å². The molecule has 1 N–H and O–H groups in total. The highest BCUT2D eigenvalue weighted by Crippen LogP contribution is 2.29. The smallest absolute Gasteiger partial charge is 0.271 e. The third-order valence-electron chi connectivity index (χ3n) is 2.48. The summed E-state index contributed by atoms with van der Waals surface area (Å²) in [6.45, 7) is 3.74. The molecule has 0 unspecified atom stereocenters. The molecule has 18 heavy (non-hydrogen) atoms. The molecule has 0 radical (unpaired) electrons. The van der Waals surface area contributed by atoms with Gasteiger partial charge in [-0.2, -0.15) is 4.31 Å². The van der Waals surface area contributed by atoms with E-state index in [1.54, 1.807) is 13.8 Å². The maximum Gasteiger partial charge on any atom is 0.271 e. The second kappa shape index (κ2) is 5.32. The first kappa shape index (κ1) is 14.4. The molecule has 0 aliphatic heterocycles. The highest BCUT2D eigenvalue weighted by Gasteiger charge is 2.27. The average Bonchev–Trinajstić information content (AvgIpc) is 2.30. The highest BCUT2D eigenvalue weighted by atomic mass is 32.2. The van der Waals surface area contributed by atoms with Crippen molar-refractivity contribution in [3.05, 3.63) is 28.3 Å². The highest BCUT2D eigenvalue weighted by molar-refractivity contribution is 7.89. The number of nitrogens with zero attached hydrogens (tertiary/aromatic N) is 2. The van der Waals surface area contributed by atoms with E-state index in [1.165, 1.54) is 0 Å². The molecule has 0 saturated heterocycles. The van der Waals surface area contributed by atoms with E-state index in [9.17, 15) is 23.6 Å². The molecule has 0 amide bonds. The molecule has 0 bridgehead atoms. The van der Waals surface area contributed by atoms with Crippen LogP contribution in [0.3, 0.4) is 0 Å². The van der Waals surface area contributed by atoms with E-state index in [2.05, 4.69) is 0 Å². The van der Waals surface area contributed by atoms with Crippen LogP contribution in [0.4, 0.5) is 5.69 Å². The van der Waals surface area contributed by atoms with Gasteiger partial charge in [0.1, 0.15) is 10.6 Å². The van der Waals surface area contributed by atoms with Crippen LogP contribution in [0.5, 0.6) is 5.75 Å². The van der Waals surface area contributed by atoms with Crippen LogP contribution in [0.2, 0.25) is 0 Å². The lowest BCUT2D eigenvalue weighted by Gasteiger charge is -2.18. The van der Waals surface area contributed by atoms with E-state index in [0.29, 0.717) is 0 Å². The van der Waals surface area contributed by atoms with Crippen LogP contribution in [0.1, 0.15) is 13.8 Å². The lowest BCUT2D eigenvalue weighted by molar-refractivity contribution is -0.385. The molecule has 0 atom stereocenters. The number of hydrogen-bond donors (Lipinski definition) is 1. The van der Waals surface area contributed by atoms with Crippen molar-refractivity contribution in [2.24, 2.45) is 0 Å². The monoisotopic (exact) mass is 274 g/mol. The quantitative estimate of drug-likeness (QED) is 0.644. The molecule has 0 aliphatic carbocycles. The van der Waals surface area contributed by atoms with Crippen molar-refractivity contribution >= 4 is 15.7 Å². The predicted octanol–water partition coefficient (Wildman–Crippen LogP) is 1.33. The number of aromatic hydroxyl groups is 1. The van der Waals surface area contributed by atoms with Crippen molar-refractivity contribution < 1.29 is 18.4 Å². The Balaban J connectivity index is 3.40. The van der Waals surface area contributed by atoms with Gasteiger partial charge in [-0.05, 0) is 6.07 Å². The minimum absolute atomic E-state index is 0.223. The molecule has 8 heteroatoms. The summed E-state index contributed by atoms with van der Waals surface area (Å²) in [4.78, 5) is 9.46. The van der Waals surface area contributed by atoms with Gasteiger partial charge >= 0.3 is 0 Å².